The summed E-state index contributed by atoms with van der Waals surface area (Å²) in [4.78, 5) is 48.3. The third-order valence-corrected chi connectivity index (χ3v) is 15.3. The number of carbonyl (C=O) groups is 4. The van der Waals surface area contributed by atoms with Crippen molar-refractivity contribution in [2.75, 3.05) is 6.61 Å². The van der Waals surface area contributed by atoms with Gasteiger partial charge in [0.2, 0.25) is 11.9 Å². The zero-order valence-corrected chi connectivity index (χ0v) is 31.2. The Morgan fingerprint density at radius 2 is 1.33 bits per heavy atom. The SMILES string of the molecule is CC(=O)OC[C@H]1O[C@](O)(c2cccc(Cc3ccc(C#C[Si](C(C)C)(C(C)C)C(C)C)cc3)c2)[C@H](OC(C)=O)[C@@H](OC(C)=O)[C@@H]1OC(C)=O. The van der Waals surface area contributed by atoms with Crippen molar-refractivity contribution < 1.29 is 48.0 Å². The first-order valence-corrected chi connectivity index (χ1v) is 18.9. The van der Waals surface area contributed by atoms with E-state index in [0.717, 1.165) is 37.5 Å². The number of benzene rings is 2. The summed E-state index contributed by atoms with van der Waals surface area (Å²) < 4.78 is 27.7. The van der Waals surface area contributed by atoms with Gasteiger partial charge in [-0.25, -0.2) is 0 Å². The molecule has 2 aromatic carbocycles. The first-order valence-electron chi connectivity index (χ1n) is 16.7. The van der Waals surface area contributed by atoms with Crippen LogP contribution >= 0.6 is 0 Å². The first kappa shape index (κ1) is 39.5. The molecule has 0 radical (unpaired) electrons. The number of aliphatic hydroxyl groups is 1. The quantitative estimate of drug-likeness (QED) is 0.134. The number of hydrogen-bond donors (Lipinski definition) is 1. The molecule has 0 bridgehead atoms. The van der Waals surface area contributed by atoms with E-state index in [4.69, 9.17) is 23.7 Å². The second-order valence-corrected chi connectivity index (χ2v) is 19.1. The minimum absolute atomic E-state index is 0.183. The largest absolute Gasteiger partial charge is 0.463 e. The van der Waals surface area contributed by atoms with Crippen molar-refractivity contribution in [2.45, 2.75) is 122 Å². The number of esters is 4. The normalized spacial score (nSPS) is 22.2. The van der Waals surface area contributed by atoms with Gasteiger partial charge in [0.1, 0.15) is 20.8 Å². The maximum atomic E-state index is 12.3. The fraction of sp³-hybridized carbons (Fsp3) is 0.526. The van der Waals surface area contributed by atoms with Gasteiger partial charge in [-0.05, 0) is 52.4 Å². The summed E-state index contributed by atoms with van der Waals surface area (Å²) in [5.74, 6) is -1.93. The van der Waals surface area contributed by atoms with E-state index in [1.54, 1.807) is 18.2 Å². The van der Waals surface area contributed by atoms with E-state index >= 15 is 0 Å². The third-order valence-electron chi connectivity index (χ3n) is 9.05. The Morgan fingerprint density at radius 1 is 0.776 bits per heavy atom. The summed E-state index contributed by atoms with van der Waals surface area (Å²) in [6.45, 7) is 17.8. The predicted molar refractivity (Wildman–Crippen MR) is 186 cm³/mol. The Labute approximate surface area is 290 Å². The number of ether oxygens (including phenoxy) is 5. The smallest absolute Gasteiger partial charge is 0.303 e. The molecule has 0 aromatic heterocycles. The van der Waals surface area contributed by atoms with Gasteiger partial charge < -0.3 is 28.8 Å². The molecule has 1 aliphatic heterocycles. The van der Waals surface area contributed by atoms with Crippen LogP contribution in [0, 0.1) is 11.5 Å². The van der Waals surface area contributed by atoms with Gasteiger partial charge in [-0.1, -0.05) is 77.8 Å². The lowest BCUT2D eigenvalue weighted by Crippen LogP contribution is -2.66. The Hall–Kier alpha value is -3.98. The lowest BCUT2D eigenvalue weighted by atomic mass is 9.86. The molecule has 1 heterocycles. The van der Waals surface area contributed by atoms with Crippen LogP contribution in [0.3, 0.4) is 0 Å². The summed E-state index contributed by atoms with van der Waals surface area (Å²) in [6.07, 6.45) is -5.36. The second kappa shape index (κ2) is 16.6. The molecule has 2 aromatic rings. The minimum Gasteiger partial charge on any atom is -0.463 e. The highest BCUT2D eigenvalue weighted by molar-refractivity contribution is 6.90. The molecular weight excluding hydrogens is 644 g/mol. The molecule has 10 nitrogen and oxygen atoms in total. The van der Waals surface area contributed by atoms with Crippen LogP contribution in [0.2, 0.25) is 16.6 Å². The van der Waals surface area contributed by atoms with Crippen molar-refractivity contribution in [3.8, 4) is 11.5 Å². The molecular formula is C38H50O10Si. The van der Waals surface area contributed by atoms with Crippen molar-refractivity contribution in [1.29, 1.82) is 0 Å². The molecule has 0 aliphatic carbocycles. The molecule has 0 saturated carbocycles. The Bertz CT molecular complexity index is 1530. The van der Waals surface area contributed by atoms with Crippen molar-refractivity contribution in [3.63, 3.8) is 0 Å². The molecule has 1 aliphatic rings. The van der Waals surface area contributed by atoms with Crippen LogP contribution in [-0.4, -0.2) is 68.1 Å². The number of hydrogen-bond acceptors (Lipinski definition) is 10. The van der Waals surface area contributed by atoms with Crippen LogP contribution in [0.15, 0.2) is 48.5 Å². The fourth-order valence-electron chi connectivity index (χ4n) is 6.97. The van der Waals surface area contributed by atoms with Crippen LogP contribution in [0.4, 0.5) is 0 Å². The lowest BCUT2D eigenvalue weighted by molar-refractivity contribution is -0.360. The molecule has 1 N–H and O–H groups in total. The maximum Gasteiger partial charge on any atom is 0.303 e. The average Bonchev–Trinajstić information content (AvgIpc) is 2.99. The lowest BCUT2D eigenvalue weighted by Gasteiger charge is -2.48. The standard InChI is InChI=1S/C38H50O10Si/c1-23(2)49(24(3)4,25(5)6)19-18-30-14-16-31(17-15-30)20-32-12-11-13-33(21-32)38(43)37(47-29(10)42)36(46-28(9)41)35(45-27(8)40)34(48-38)22-44-26(7)39/h11-17,21,23-25,34-37,43H,20,22H2,1-10H3/t34-,35-,36+,37-,38-/m1/s1. The molecule has 1 fully saturated rings. The van der Waals surface area contributed by atoms with Gasteiger partial charge in [-0.3, -0.25) is 19.2 Å². The summed E-state index contributed by atoms with van der Waals surface area (Å²) >= 11 is 0. The highest BCUT2D eigenvalue weighted by Crippen LogP contribution is 2.42. The van der Waals surface area contributed by atoms with E-state index in [2.05, 4.69) is 53.0 Å². The molecule has 0 spiro atoms. The van der Waals surface area contributed by atoms with Gasteiger partial charge in [-0.15, -0.1) is 5.54 Å². The molecule has 3 rings (SSSR count). The predicted octanol–water partition coefficient (Wildman–Crippen LogP) is 5.75. The molecule has 11 heteroatoms. The average molecular weight is 695 g/mol. The molecule has 1 saturated heterocycles. The van der Waals surface area contributed by atoms with E-state index in [9.17, 15) is 24.3 Å². The Kier molecular flexibility index (Phi) is 13.4. The highest BCUT2D eigenvalue weighted by Gasteiger charge is 2.60. The van der Waals surface area contributed by atoms with Gasteiger partial charge in [0.05, 0.1) is 0 Å². The first-order chi connectivity index (χ1) is 22.9. The van der Waals surface area contributed by atoms with Gasteiger partial charge in [-0.2, -0.15) is 0 Å². The molecule has 0 amide bonds. The van der Waals surface area contributed by atoms with Gasteiger partial charge >= 0.3 is 23.9 Å². The van der Waals surface area contributed by atoms with Crippen LogP contribution in [0.5, 0.6) is 0 Å². The topological polar surface area (TPSA) is 135 Å². The fourth-order valence-corrected chi connectivity index (χ4v) is 12.2. The second-order valence-electron chi connectivity index (χ2n) is 13.6. The van der Waals surface area contributed by atoms with E-state index in [1.807, 2.05) is 30.3 Å². The highest BCUT2D eigenvalue weighted by atomic mass is 28.3. The number of rotatable bonds is 11. The molecule has 49 heavy (non-hydrogen) atoms. The summed E-state index contributed by atoms with van der Waals surface area (Å²) in [6, 6.07) is 14.9. The van der Waals surface area contributed by atoms with Gasteiger partial charge in [0.15, 0.2) is 12.2 Å². The van der Waals surface area contributed by atoms with E-state index < -0.39 is 68.8 Å². The van der Waals surface area contributed by atoms with Crippen molar-refractivity contribution in [2.24, 2.45) is 0 Å². The van der Waals surface area contributed by atoms with Crippen molar-refractivity contribution in [1.82, 2.24) is 0 Å². The molecule has 0 unspecified atom stereocenters. The van der Waals surface area contributed by atoms with Crippen molar-refractivity contribution >= 4 is 32.0 Å². The summed E-state index contributed by atoms with van der Waals surface area (Å²) in [7, 11) is -1.88. The van der Waals surface area contributed by atoms with Gasteiger partial charge in [0, 0.05) is 38.8 Å². The Balaban J connectivity index is 2.01. The third kappa shape index (κ3) is 9.59. The maximum absolute atomic E-state index is 12.3. The van der Waals surface area contributed by atoms with Crippen LogP contribution in [-0.2, 0) is 55.1 Å². The van der Waals surface area contributed by atoms with Gasteiger partial charge in [0.25, 0.3) is 0 Å². The molecule has 266 valence electrons. The monoisotopic (exact) mass is 694 g/mol. The minimum atomic E-state index is -2.40. The zero-order valence-electron chi connectivity index (χ0n) is 30.2. The van der Waals surface area contributed by atoms with E-state index in [1.165, 1.54) is 6.92 Å². The van der Waals surface area contributed by atoms with E-state index in [-0.39, 0.29) is 5.56 Å². The van der Waals surface area contributed by atoms with Crippen LogP contribution in [0.25, 0.3) is 0 Å². The molecule has 5 atom stereocenters. The summed E-state index contributed by atoms with van der Waals surface area (Å²) in [5.41, 5.74) is 8.27. The number of carbonyl (C=O) groups excluding carboxylic acids is 4. The Morgan fingerprint density at radius 3 is 1.84 bits per heavy atom. The summed E-state index contributed by atoms with van der Waals surface area (Å²) in [5, 5.41) is 12.2. The zero-order chi connectivity index (χ0) is 36.7. The van der Waals surface area contributed by atoms with E-state index in [0.29, 0.717) is 23.0 Å². The van der Waals surface area contributed by atoms with Crippen LogP contribution in [0.1, 0.15) is 91.5 Å². The van der Waals surface area contributed by atoms with Crippen LogP contribution < -0.4 is 0 Å². The van der Waals surface area contributed by atoms with Crippen molar-refractivity contribution in [3.05, 3.63) is 70.8 Å².